The average molecular weight is 291 g/mol. The van der Waals surface area contributed by atoms with Crippen LogP contribution in [-0.2, 0) is 11.3 Å². The first-order chi connectivity index (χ1) is 10.1. The molecular formula is C15H15F2N3O. The third kappa shape index (κ3) is 4.06. The summed E-state index contributed by atoms with van der Waals surface area (Å²) < 4.78 is 26.7. The van der Waals surface area contributed by atoms with Gasteiger partial charge in [0.2, 0.25) is 5.91 Å². The van der Waals surface area contributed by atoms with Crippen molar-refractivity contribution in [3.63, 3.8) is 0 Å². The van der Waals surface area contributed by atoms with Crippen molar-refractivity contribution < 1.29 is 13.6 Å². The maximum absolute atomic E-state index is 13.4. The van der Waals surface area contributed by atoms with E-state index in [0.717, 1.165) is 23.4 Å². The molecule has 2 rings (SSSR count). The first-order valence-electron chi connectivity index (χ1n) is 6.43. The van der Waals surface area contributed by atoms with Crippen LogP contribution in [0.1, 0.15) is 11.3 Å². The molecule has 0 atom stereocenters. The molecule has 1 amide bonds. The van der Waals surface area contributed by atoms with Crippen molar-refractivity contribution in [3.8, 4) is 0 Å². The van der Waals surface area contributed by atoms with Gasteiger partial charge in [-0.15, -0.1) is 0 Å². The van der Waals surface area contributed by atoms with Crippen LogP contribution >= 0.6 is 0 Å². The molecule has 0 saturated carbocycles. The van der Waals surface area contributed by atoms with E-state index in [1.807, 2.05) is 19.1 Å². The first-order valence-corrected chi connectivity index (χ1v) is 6.43. The summed E-state index contributed by atoms with van der Waals surface area (Å²) in [6, 6.07) is 7.15. The van der Waals surface area contributed by atoms with Crippen molar-refractivity contribution in [2.75, 3.05) is 11.9 Å². The van der Waals surface area contributed by atoms with Crippen LogP contribution in [0.3, 0.4) is 0 Å². The van der Waals surface area contributed by atoms with E-state index in [1.54, 1.807) is 6.20 Å². The molecule has 110 valence electrons. The molecule has 2 aromatic rings. The number of anilines is 1. The van der Waals surface area contributed by atoms with Gasteiger partial charge in [-0.3, -0.25) is 9.78 Å². The van der Waals surface area contributed by atoms with Crippen molar-refractivity contribution in [2.45, 2.75) is 13.5 Å². The van der Waals surface area contributed by atoms with Gasteiger partial charge in [-0.05, 0) is 30.7 Å². The second-order valence-corrected chi connectivity index (χ2v) is 4.52. The predicted molar refractivity (Wildman–Crippen MR) is 75.7 cm³/mol. The summed E-state index contributed by atoms with van der Waals surface area (Å²) in [5, 5.41) is 5.09. The number of carbonyl (C=O) groups is 1. The van der Waals surface area contributed by atoms with Crippen molar-refractivity contribution in [2.24, 2.45) is 0 Å². The third-order valence-electron chi connectivity index (χ3n) is 2.92. The van der Waals surface area contributed by atoms with Gasteiger partial charge in [0, 0.05) is 12.7 Å². The van der Waals surface area contributed by atoms with Gasteiger partial charge in [0.15, 0.2) is 0 Å². The number of nitrogens with zero attached hydrogens (tertiary/aromatic N) is 1. The number of halogens is 2. The normalized spacial score (nSPS) is 10.4. The highest BCUT2D eigenvalue weighted by molar-refractivity contribution is 5.92. The van der Waals surface area contributed by atoms with Gasteiger partial charge in [0.25, 0.3) is 0 Å². The van der Waals surface area contributed by atoms with Gasteiger partial charge < -0.3 is 10.6 Å². The minimum absolute atomic E-state index is 0.0657. The summed E-state index contributed by atoms with van der Waals surface area (Å²) >= 11 is 0. The second-order valence-electron chi connectivity index (χ2n) is 4.52. The molecule has 0 aliphatic rings. The Hall–Kier alpha value is -2.34. The minimum Gasteiger partial charge on any atom is -0.320 e. The molecule has 0 bridgehead atoms. The van der Waals surface area contributed by atoms with Crippen LogP contribution in [0, 0.1) is 18.6 Å². The highest BCUT2D eigenvalue weighted by Crippen LogP contribution is 2.17. The molecule has 1 heterocycles. The van der Waals surface area contributed by atoms with E-state index in [9.17, 15) is 13.6 Å². The highest BCUT2D eigenvalue weighted by Gasteiger charge is 2.11. The number of rotatable bonds is 5. The van der Waals surface area contributed by atoms with E-state index in [-0.39, 0.29) is 6.54 Å². The Balaban J connectivity index is 1.87. The van der Waals surface area contributed by atoms with Crippen LogP contribution in [0.15, 0.2) is 36.5 Å². The van der Waals surface area contributed by atoms with Crippen LogP contribution in [0.25, 0.3) is 0 Å². The number of para-hydroxylation sites is 1. The molecule has 0 fully saturated rings. The molecule has 0 aliphatic carbocycles. The third-order valence-corrected chi connectivity index (χ3v) is 2.92. The molecule has 0 radical (unpaired) electrons. The van der Waals surface area contributed by atoms with Crippen molar-refractivity contribution in [3.05, 3.63) is 59.4 Å². The monoisotopic (exact) mass is 291 g/mol. The number of benzene rings is 1. The molecule has 2 N–H and O–H groups in total. The quantitative estimate of drug-likeness (QED) is 0.889. The smallest absolute Gasteiger partial charge is 0.238 e. The van der Waals surface area contributed by atoms with Crippen LogP contribution in [-0.4, -0.2) is 17.4 Å². The minimum atomic E-state index is -0.802. The van der Waals surface area contributed by atoms with E-state index in [4.69, 9.17) is 0 Å². The van der Waals surface area contributed by atoms with E-state index in [2.05, 4.69) is 15.6 Å². The van der Waals surface area contributed by atoms with E-state index >= 15 is 0 Å². The van der Waals surface area contributed by atoms with Gasteiger partial charge in [-0.25, -0.2) is 8.78 Å². The van der Waals surface area contributed by atoms with Crippen molar-refractivity contribution >= 4 is 11.6 Å². The molecular weight excluding hydrogens is 276 g/mol. The first kappa shape index (κ1) is 15.1. The summed E-state index contributed by atoms with van der Waals surface area (Å²) in [4.78, 5) is 15.8. The zero-order chi connectivity index (χ0) is 15.2. The molecule has 0 saturated heterocycles. The Bertz CT molecular complexity index is 626. The number of carbonyl (C=O) groups excluding carboxylic acids is 1. The lowest BCUT2D eigenvalue weighted by molar-refractivity contribution is -0.115. The fraction of sp³-hybridized carbons (Fsp3) is 0.200. The summed E-state index contributed by atoms with van der Waals surface area (Å²) in [7, 11) is 0. The number of nitrogens with one attached hydrogen (secondary N) is 2. The molecule has 6 heteroatoms. The number of aryl methyl sites for hydroxylation is 1. The number of pyridine rings is 1. The van der Waals surface area contributed by atoms with Crippen LogP contribution in [0.2, 0.25) is 0 Å². The van der Waals surface area contributed by atoms with Crippen LogP contribution in [0.4, 0.5) is 14.5 Å². The molecule has 0 spiro atoms. The van der Waals surface area contributed by atoms with Crippen molar-refractivity contribution in [1.82, 2.24) is 10.3 Å². The van der Waals surface area contributed by atoms with Gasteiger partial charge in [-0.2, -0.15) is 0 Å². The number of amides is 1. The summed E-state index contributed by atoms with van der Waals surface area (Å²) in [6.45, 7) is 2.25. The Labute approximate surface area is 121 Å². The second kappa shape index (κ2) is 6.90. The SMILES string of the molecule is Cc1cccnc1CNCC(=O)Nc1c(F)cccc1F. The standard InChI is InChI=1S/C15H15F2N3O/c1-10-4-3-7-19-13(10)8-18-9-14(21)20-15-11(16)5-2-6-12(15)17/h2-7,18H,8-9H2,1H3,(H,20,21). The zero-order valence-corrected chi connectivity index (χ0v) is 11.5. The van der Waals surface area contributed by atoms with Gasteiger partial charge >= 0.3 is 0 Å². The maximum Gasteiger partial charge on any atom is 0.238 e. The van der Waals surface area contributed by atoms with Gasteiger partial charge in [0.1, 0.15) is 17.3 Å². The van der Waals surface area contributed by atoms with Gasteiger partial charge in [0.05, 0.1) is 12.2 Å². The Morgan fingerprint density at radius 3 is 2.57 bits per heavy atom. The van der Waals surface area contributed by atoms with Crippen molar-refractivity contribution in [1.29, 1.82) is 0 Å². The molecule has 1 aromatic heterocycles. The Kier molecular flexibility index (Phi) is 4.94. The van der Waals surface area contributed by atoms with E-state index in [1.165, 1.54) is 6.07 Å². The lowest BCUT2D eigenvalue weighted by Gasteiger charge is -2.09. The summed E-state index contributed by atoms with van der Waals surface area (Å²) in [5.41, 5.74) is 1.39. The van der Waals surface area contributed by atoms with E-state index in [0.29, 0.717) is 6.54 Å². The fourth-order valence-electron chi connectivity index (χ4n) is 1.80. The molecule has 0 aliphatic heterocycles. The predicted octanol–water partition coefficient (Wildman–Crippen LogP) is 2.40. The van der Waals surface area contributed by atoms with Crippen LogP contribution < -0.4 is 10.6 Å². The Morgan fingerprint density at radius 2 is 1.90 bits per heavy atom. The van der Waals surface area contributed by atoms with Gasteiger partial charge in [-0.1, -0.05) is 12.1 Å². The fourth-order valence-corrected chi connectivity index (χ4v) is 1.80. The molecule has 4 nitrogen and oxygen atoms in total. The molecule has 1 aromatic carbocycles. The Morgan fingerprint density at radius 1 is 1.19 bits per heavy atom. The summed E-state index contributed by atoms with van der Waals surface area (Å²) in [5.74, 6) is -2.12. The maximum atomic E-state index is 13.4. The number of aromatic nitrogens is 1. The largest absolute Gasteiger partial charge is 0.320 e. The highest BCUT2D eigenvalue weighted by atomic mass is 19.1. The molecule has 0 unspecified atom stereocenters. The van der Waals surface area contributed by atoms with E-state index < -0.39 is 23.2 Å². The lowest BCUT2D eigenvalue weighted by atomic mass is 10.2. The van der Waals surface area contributed by atoms with Crippen LogP contribution in [0.5, 0.6) is 0 Å². The topological polar surface area (TPSA) is 54.0 Å². The number of hydrogen-bond donors (Lipinski definition) is 2. The molecule has 21 heavy (non-hydrogen) atoms. The number of hydrogen-bond acceptors (Lipinski definition) is 3. The summed E-state index contributed by atoms with van der Waals surface area (Å²) in [6.07, 6.45) is 1.67. The lowest BCUT2D eigenvalue weighted by Crippen LogP contribution is -2.28. The zero-order valence-electron chi connectivity index (χ0n) is 11.5. The average Bonchev–Trinajstić information content (AvgIpc) is 2.45.